The van der Waals surface area contributed by atoms with Crippen LogP contribution in [0.4, 0.5) is 10.5 Å². The van der Waals surface area contributed by atoms with E-state index in [0.29, 0.717) is 16.4 Å². The Morgan fingerprint density at radius 3 is 2.37 bits per heavy atom. The van der Waals surface area contributed by atoms with Crippen LogP contribution in [0.25, 0.3) is 10.9 Å². The summed E-state index contributed by atoms with van der Waals surface area (Å²) < 4.78 is 34.5. The second-order valence-electron chi connectivity index (χ2n) is 8.54. The average molecular weight is 508 g/mol. The first-order valence-corrected chi connectivity index (χ1v) is 12.7. The van der Waals surface area contributed by atoms with Crippen LogP contribution >= 0.6 is 11.6 Å². The van der Waals surface area contributed by atoms with Gasteiger partial charge in [-0.2, -0.15) is 8.42 Å². The highest BCUT2D eigenvalue weighted by Gasteiger charge is 2.53. The molecule has 2 atom stereocenters. The van der Waals surface area contributed by atoms with Gasteiger partial charge in [-0.15, -0.1) is 0 Å². The summed E-state index contributed by atoms with van der Waals surface area (Å²) in [6.45, 7) is 0. The highest BCUT2D eigenvalue weighted by atomic mass is 35.5. The molecule has 2 unspecified atom stereocenters. The highest BCUT2D eigenvalue weighted by Crippen LogP contribution is 2.46. The van der Waals surface area contributed by atoms with Gasteiger partial charge in [0, 0.05) is 33.6 Å². The number of urea groups is 1. The summed E-state index contributed by atoms with van der Waals surface area (Å²) in [6.07, 6.45) is 0.262. The van der Waals surface area contributed by atoms with Gasteiger partial charge >= 0.3 is 6.03 Å². The Hall–Kier alpha value is -3.66. The maximum atomic E-state index is 13.8. The van der Waals surface area contributed by atoms with Gasteiger partial charge in [0.15, 0.2) is 0 Å². The van der Waals surface area contributed by atoms with E-state index in [1.807, 2.05) is 24.3 Å². The second-order valence-corrected chi connectivity index (χ2v) is 10.4. The average Bonchev–Trinajstić information content (AvgIpc) is 3.33. The number of anilines is 1. The Bertz CT molecular complexity index is 1630. The zero-order valence-electron chi connectivity index (χ0n) is 18.1. The normalized spacial score (nSPS) is 19.8. The van der Waals surface area contributed by atoms with E-state index < -0.39 is 34.1 Å². The lowest BCUT2D eigenvalue weighted by molar-refractivity contribution is -0.120. The number of halogens is 1. The molecule has 1 fully saturated rings. The minimum Gasteiger partial charge on any atom is -0.356 e. The Morgan fingerprint density at radius 2 is 1.63 bits per heavy atom. The molecule has 176 valence electrons. The molecule has 0 aliphatic carbocycles. The van der Waals surface area contributed by atoms with Gasteiger partial charge in [-0.25, -0.2) is 9.69 Å². The predicted molar refractivity (Wildman–Crippen MR) is 130 cm³/mol. The zero-order chi connectivity index (χ0) is 24.5. The molecule has 35 heavy (non-hydrogen) atoms. The van der Waals surface area contributed by atoms with Crippen molar-refractivity contribution in [1.29, 1.82) is 0 Å². The lowest BCUT2D eigenvalue weighted by atomic mass is 9.89. The van der Waals surface area contributed by atoms with Crippen LogP contribution in [0.3, 0.4) is 0 Å². The van der Waals surface area contributed by atoms with Crippen molar-refractivity contribution in [2.24, 2.45) is 0 Å². The maximum Gasteiger partial charge on any atom is 0.332 e. The Morgan fingerprint density at radius 1 is 0.943 bits per heavy atom. The number of aromatic amines is 1. The van der Waals surface area contributed by atoms with Gasteiger partial charge in [-0.05, 0) is 42.0 Å². The second kappa shape index (κ2) is 7.67. The van der Waals surface area contributed by atoms with Crippen molar-refractivity contribution in [3.05, 3.63) is 94.6 Å². The van der Waals surface area contributed by atoms with E-state index in [0.717, 1.165) is 21.4 Å². The third-order valence-electron chi connectivity index (χ3n) is 6.63. The molecule has 4 aromatic rings. The number of nitrogens with zero attached hydrogens (tertiary/aromatic N) is 2. The maximum absolute atomic E-state index is 13.8. The van der Waals surface area contributed by atoms with Crippen LogP contribution in [-0.2, 0) is 21.3 Å². The number of amides is 3. The smallest absolute Gasteiger partial charge is 0.332 e. The first kappa shape index (κ1) is 21.8. The number of hydrogen-bond donors (Lipinski definition) is 2. The largest absolute Gasteiger partial charge is 0.356 e. The van der Waals surface area contributed by atoms with E-state index >= 15 is 0 Å². The fourth-order valence-corrected chi connectivity index (χ4v) is 6.02. The molecule has 0 radical (unpaired) electrons. The number of H-pyrrole nitrogens is 1. The molecule has 1 saturated heterocycles. The standard InChI is InChI=1S/C25H18ClN3O5S/c26-14-9-11-15(12-10-14)28-24(30)20-13-18-16-5-1-3-7-19(16)27-22(18)23(29(20)25(28)31)17-6-2-4-8-21(17)35(32,33)34/h1-12,20,23,27H,13H2,(H,32,33,34). The molecule has 0 bridgehead atoms. The van der Waals surface area contributed by atoms with Crippen LogP contribution in [0.2, 0.25) is 5.02 Å². The first-order chi connectivity index (χ1) is 16.8. The quantitative estimate of drug-likeness (QED) is 0.312. The van der Waals surface area contributed by atoms with E-state index in [1.54, 1.807) is 36.4 Å². The molecule has 3 heterocycles. The fraction of sp³-hybridized carbons (Fsp3) is 0.120. The van der Waals surface area contributed by atoms with E-state index in [9.17, 15) is 22.6 Å². The molecular weight excluding hydrogens is 490 g/mol. The van der Waals surface area contributed by atoms with Crippen LogP contribution in [0.15, 0.2) is 77.7 Å². The van der Waals surface area contributed by atoms with Crippen molar-refractivity contribution >= 4 is 50.2 Å². The number of aromatic nitrogens is 1. The van der Waals surface area contributed by atoms with E-state index in [2.05, 4.69) is 4.98 Å². The number of imide groups is 1. The number of carbonyl (C=O) groups excluding carboxylic acids is 2. The molecule has 10 heteroatoms. The van der Waals surface area contributed by atoms with Gasteiger partial charge in [0.05, 0.1) is 10.6 Å². The molecule has 2 aliphatic heterocycles. The Balaban J connectivity index is 1.60. The molecule has 2 N–H and O–H groups in total. The van der Waals surface area contributed by atoms with Crippen LogP contribution < -0.4 is 4.90 Å². The number of fused-ring (bicyclic) bond motifs is 4. The van der Waals surface area contributed by atoms with Crippen LogP contribution in [0.5, 0.6) is 0 Å². The molecule has 3 amide bonds. The van der Waals surface area contributed by atoms with Crippen LogP contribution in [0, 0.1) is 0 Å². The summed E-state index contributed by atoms with van der Waals surface area (Å²) in [5.41, 5.74) is 2.82. The topological polar surface area (TPSA) is 111 Å². The number of nitrogens with one attached hydrogen (secondary N) is 1. The molecule has 1 aromatic heterocycles. The number of carbonyl (C=O) groups is 2. The molecule has 0 spiro atoms. The molecule has 8 nitrogen and oxygen atoms in total. The highest BCUT2D eigenvalue weighted by molar-refractivity contribution is 7.85. The van der Waals surface area contributed by atoms with E-state index in [-0.39, 0.29) is 16.9 Å². The summed E-state index contributed by atoms with van der Waals surface area (Å²) in [6, 6.07) is 17.5. The van der Waals surface area contributed by atoms with Crippen LogP contribution in [-0.4, -0.2) is 40.8 Å². The molecule has 2 aliphatic rings. The molecule has 6 rings (SSSR count). The van der Waals surface area contributed by atoms with Crippen molar-refractivity contribution in [2.75, 3.05) is 4.90 Å². The van der Waals surface area contributed by atoms with Crippen molar-refractivity contribution < 1.29 is 22.6 Å². The summed E-state index contributed by atoms with van der Waals surface area (Å²) in [4.78, 5) is 32.9. The minimum absolute atomic E-state index is 0.201. The minimum atomic E-state index is -4.61. The van der Waals surface area contributed by atoms with Gasteiger partial charge < -0.3 is 4.98 Å². The summed E-state index contributed by atoms with van der Waals surface area (Å²) >= 11 is 5.99. The van der Waals surface area contributed by atoms with Gasteiger partial charge in [-0.1, -0.05) is 48.0 Å². The third-order valence-corrected chi connectivity index (χ3v) is 7.81. The number of para-hydroxylation sites is 1. The van der Waals surface area contributed by atoms with Crippen molar-refractivity contribution in [3.63, 3.8) is 0 Å². The fourth-order valence-electron chi connectivity index (χ4n) is 5.17. The molecule has 0 saturated carbocycles. The molecular formula is C25H18ClN3O5S. The first-order valence-electron chi connectivity index (χ1n) is 10.8. The van der Waals surface area contributed by atoms with Crippen molar-refractivity contribution in [3.8, 4) is 0 Å². The van der Waals surface area contributed by atoms with Gasteiger partial charge in [0.2, 0.25) is 0 Å². The summed E-state index contributed by atoms with van der Waals surface area (Å²) in [7, 11) is -4.61. The SMILES string of the molecule is O=C1C2Cc3c([nH]c4ccccc34)C(c3ccccc3S(=O)(=O)O)N2C(=O)N1c1ccc(Cl)cc1. The molecule has 3 aromatic carbocycles. The lowest BCUT2D eigenvalue weighted by Gasteiger charge is -2.36. The van der Waals surface area contributed by atoms with Gasteiger partial charge in [0.25, 0.3) is 16.0 Å². The summed E-state index contributed by atoms with van der Waals surface area (Å²) in [5.74, 6) is -0.414. The van der Waals surface area contributed by atoms with Crippen molar-refractivity contribution in [1.82, 2.24) is 9.88 Å². The lowest BCUT2D eigenvalue weighted by Crippen LogP contribution is -2.44. The van der Waals surface area contributed by atoms with Gasteiger partial charge in [0.1, 0.15) is 12.1 Å². The monoisotopic (exact) mass is 507 g/mol. The van der Waals surface area contributed by atoms with E-state index in [4.69, 9.17) is 11.6 Å². The number of hydrogen-bond acceptors (Lipinski definition) is 4. The Kier molecular flexibility index (Phi) is 4.79. The third kappa shape index (κ3) is 3.27. The van der Waals surface area contributed by atoms with Crippen molar-refractivity contribution in [2.45, 2.75) is 23.4 Å². The Labute approximate surface area is 205 Å². The van der Waals surface area contributed by atoms with Gasteiger partial charge in [-0.3, -0.25) is 14.2 Å². The number of benzene rings is 3. The van der Waals surface area contributed by atoms with Crippen LogP contribution in [0.1, 0.15) is 22.9 Å². The van der Waals surface area contributed by atoms with E-state index in [1.165, 1.54) is 17.0 Å². The summed E-state index contributed by atoms with van der Waals surface area (Å²) in [5, 5.41) is 1.36. The predicted octanol–water partition coefficient (Wildman–Crippen LogP) is 4.55. The number of rotatable bonds is 3. The zero-order valence-corrected chi connectivity index (χ0v) is 19.6.